The first-order chi connectivity index (χ1) is 8.60. The van der Waals surface area contributed by atoms with Gasteiger partial charge in [0, 0.05) is 24.3 Å². The predicted molar refractivity (Wildman–Crippen MR) is 72.5 cm³/mol. The van der Waals surface area contributed by atoms with Crippen LogP contribution in [-0.2, 0) is 4.79 Å². The Morgan fingerprint density at radius 2 is 2.33 bits per heavy atom. The lowest BCUT2D eigenvalue weighted by atomic mass is 10.5. The lowest BCUT2D eigenvalue weighted by Crippen LogP contribution is -2.32. The van der Waals surface area contributed by atoms with Gasteiger partial charge in [0.1, 0.15) is 0 Å². The number of amides is 1. The van der Waals surface area contributed by atoms with Crippen molar-refractivity contribution in [3.8, 4) is 0 Å². The van der Waals surface area contributed by atoms with Crippen LogP contribution in [0, 0.1) is 0 Å². The predicted octanol–water partition coefficient (Wildman–Crippen LogP) is 1.38. The van der Waals surface area contributed by atoms with Crippen LogP contribution in [0.5, 0.6) is 0 Å². The van der Waals surface area contributed by atoms with E-state index in [1.54, 1.807) is 16.5 Å². The smallest absolute Gasteiger partial charge is 0.243 e. The number of anilines is 1. The molecular formula is C11H14BrN5O. The van der Waals surface area contributed by atoms with E-state index in [-0.39, 0.29) is 12.5 Å². The third-order valence-electron chi connectivity index (χ3n) is 2.59. The Hall–Kier alpha value is -1.63. The second-order valence-electron chi connectivity index (χ2n) is 3.85. The van der Waals surface area contributed by atoms with Crippen molar-refractivity contribution in [1.82, 2.24) is 19.5 Å². The first kappa shape index (κ1) is 12.8. The fraction of sp³-hybridized carbons (Fsp3) is 0.364. The second kappa shape index (κ2) is 5.34. The van der Waals surface area contributed by atoms with E-state index in [1.165, 1.54) is 0 Å². The van der Waals surface area contributed by atoms with Crippen molar-refractivity contribution < 1.29 is 4.79 Å². The Bertz CT molecular complexity index is 568. The summed E-state index contributed by atoms with van der Waals surface area (Å²) in [5.41, 5.74) is 0.733. The molecule has 6 nitrogen and oxygen atoms in total. The number of hydrogen-bond acceptors (Lipinski definition) is 4. The quantitative estimate of drug-likeness (QED) is 0.926. The number of rotatable bonds is 4. The first-order valence-electron chi connectivity index (χ1n) is 5.60. The van der Waals surface area contributed by atoms with Crippen molar-refractivity contribution >= 4 is 33.4 Å². The molecule has 0 fully saturated rings. The SMILES string of the molecule is CCN(C)C(=O)CNc1nc2ccc(Br)cn2n1. The minimum Gasteiger partial charge on any atom is -0.345 e. The number of fused-ring (bicyclic) bond motifs is 1. The average Bonchev–Trinajstić information content (AvgIpc) is 2.76. The maximum atomic E-state index is 11.6. The van der Waals surface area contributed by atoms with Gasteiger partial charge in [0.2, 0.25) is 11.9 Å². The molecule has 2 rings (SSSR count). The summed E-state index contributed by atoms with van der Waals surface area (Å²) in [7, 11) is 1.76. The lowest BCUT2D eigenvalue weighted by molar-refractivity contribution is -0.127. The van der Waals surface area contributed by atoms with E-state index in [9.17, 15) is 4.79 Å². The highest BCUT2D eigenvalue weighted by Crippen LogP contribution is 2.11. The fourth-order valence-electron chi connectivity index (χ4n) is 1.40. The zero-order chi connectivity index (χ0) is 13.1. The van der Waals surface area contributed by atoms with Gasteiger partial charge in [-0.15, -0.1) is 5.10 Å². The highest BCUT2D eigenvalue weighted by Gasteiger charge is 2.08. The molecule has 1 N–H and O–H groups in total. The molecule has 0 saturated carbocycles. The molecule has 0 aliphatic carbocycles. The van der Waals surface area contributed by atoms with E-state index in [2.05, 4.69) is 31.3 Å². The van der Waals surface area contributed by atoms with Crippen molar-refractivity contribution in [2.45, 2.75) is 6.92 Å². The summed E-state index contributed by atoms with van der Waals surface area (Å²) < 4.78 is 2.58. The standard InChI is InChI=1S/C11H14BrN5O/c1-3-16(2)10(18)6-13-11-14-9-5-4-8(12)7-17(9)15-11/h4-5,7H,3,6H2,1-2H3,(H,13,15). The number of nitrogens with one attached hydrogen (secondary N) is 1. The number of halogens is 1. The normalized spacial score (nSPS) is 10.6. The number of aromatic nitrogens is 3. The van der Waals surface area contributed by atoms with Crippen LogP contribution in [0.1, 0.15) is 6.92 Å². The van der Waals surface area contributed by atoms with Crippen molar-refractivity contribution in [3.05, 3.63) is 22.8 Å². The van der Waals surface area contributed by atoms with Gasteiger partial charge in [0.25, 0.3) is 0 Å². The van der Waals surface area contributed by atoms with Crippen molar-refractivity contribution in [2.24, 2.45) is 0 Å². The van der Waals surface area contributed by atoms with Gasteiger partial charge in [-0.05, 0) is 35.0 Å². The molecule has 0 unspecified atom stereocenters. The van der Waals surface area contributed by atoms with E-state index < -0.39 is 0 Å². The average molecular weight is 312 g/mol. The summed E-state index contributed by atoms with van der Waals surface area (Å²) in [6, 6.07) is 3.74. The minimum atomic E-state index is 0.0116. The molecule has 2 aromatic heterocycles. The molecule has 2 aromatic rings. The van der Waals surface area contributed by atoms with Crippen molar-refractivity contribution in [2.75, 3.05) is 25.5 Å². The highest BCUT2D eigenvalue weighted by molar-refractivity contribution is 9.10. The Kier molecular flexibility index (Phi) is 3.81. The van der Waals surface area contributed by atoms with E-state index in [4.69, 9.17) is 0 Å². The largest absolute Gasteiger partial charge is 0.345 e. The Balaban J connectivity index is 2.06. The summed E-state index contributed by atoms with van der Waals surface area (Å²) in [4.78, 5) is 17.5. The third kappa shape index (κ3) is 2.79. The van der Waals surface area contributed by atoms with Crippen LogP contribution < -0.4 is 5.32 Å². The summed E-state index contributed by atoms with van der Waals surface area (Å²) in [5, 5.41) is 7.14. The van der Waals surface area contributed by atoms with Crippen molar-refractivity contribution in [3.63, 3.8) is 0 Å². The van der Waals surface area contributed by atoms with E-state index >= 15 is 0 Å². The van der Waals surface area contributed by atoms with E-state index in [0.29, 0.717) is 12.5 Å². The summed E-state index contributed by atoms with van der Waals surface area (Å²) in [5.74, 6) is 0.462. The van der Waals surface area contributed by atoms with Crippen LogP contribution in [-0.4, -0.2) is 45.5 Å². The van der Waals surface area contributed by atoms with Crippen LogP contribution in [0.3, 0.4) is 0 Å². The topological polar surface area (TPSA) is 62.5 Å². The molecule has 0 radical (unpaired) electrons. The van der Waals surface area contributed by atoms with Crippen LogP contribution in [0.4, 0.5) is 5.95 Å². The molecule has 0 spiro atoms. The van der Waals surface area contributed by atoms with Gasteiger partial charge in [0.05, 0.1) is 6.54 Å². The first-order valence-corrected chi connectivity index (χ1v) is 6.39. The molecule has 1 amide bonds. The van der Waals surface area contributed by atoms with Crippen LogP contribution in [0.2, 0.25) is 0 Å². The van der Waals surface area contributed by atoms with Gasteiger partial charge in [-0.25, -0.2) is 4.52 Å². The van der Waals surface area contributed by atoms with Gasteiger partial charge >= 0.3 is 0 Å². The van der Waals surface area contributed by atoms with E-state index in [0.717, 1.165) is 10.1 Å². The van der Waals surface area contributed by atoms with Crippen LogP contribution in [0.25, 0.3) is 5.65 Å². The maximum Gasteiger partial charge on any atom is 0.243 e. The molecule has 7 heteroatoms. The molecule has 2 heterocycles. The number of pyridine rings is 1. The third-order valence-corrected chi connectivity index (χ3v) is 3.06. The molecule has 0 bridgehead atoms. The van der Waals surface area contributed by atoms with Crippen LogP contribution in [0.15, 0.2) is 22.8 Å². The molecule has 0 aliphatic heterocycles. The van der Waals surface area contributed by atoms with Crippen molar-refractivity contribution in [1.29, 1.82) is 0 Å². The zero-order valence-corrected chi connectivity index (χ0v) is 11.8. The summed E-state index contributed by atoms with van der Waals surface area (Å²) in [6.07, 6.45) is 1.81. The maximum absolute atomic E-state index is 11.6. The molecule has 0 aliphatic rings. The monoisotopic (exact) mass is 311 g/mol. The van der Waals surface area contributed by atoms with Gasteiger partial charge in [0.15, 0.2) is 5.65 Å². The van der Waals surface area contributed by atoms with Gasteiger partial charge in [-0.2, -0.15) is 4.98 Å². The number of nitrogens with zero attached hydrogens (tertiary/aromatic N) is 4. The summed E-state index contributed by atoms with van der Waals surface area (Å²) in [6.45, 7) is 2.81. The Morgan fingerprint density at radius 1 is 1.56 bits per heavy atom. The second-order valence-corrected chi connectivity index (χ2v) is 4.76. The molecular weight excluding hydrogens is 298 g/mol. The Labute approximate surface area is 113 Å². The molecule has 18 heavy (non-hydrogen) atoms. The van der Waals surface area contributed by atoms with Gasteiger partial charge < -0.3 is 10.2 Å². The van der Waals surface area contributed by atoms with Gasteiger partial charge in [-0.1, -0.05) is 0 Å². The number of carbonyl (C=O) groups is 1. The molecule has 0 saturated heterocycles. The number of carbonyl (C=O) groups excluding carboxylic acids is 1. The zero-order valence-electron chi connectivity index (χ0n) is 10.2. The molecule has 0 atom stereocenters. The highest BCUT2D eigenvalue weighted by atomic mass is 79.9. The lowest BCUT2D eigenvalue weighted by Gasteiger charge is -2.13. The van der Waals surface area contributed by atoms with Gasteiger partial charge in [-0.3, -0.25) is 4.79 Å². The fourth-order valence-corrected chi connectivity index (χ4v) is 1.72. The minimum absolute atomic E-state index is 0.0116. The molecule has 96 valence electrons. The number of hydrogen-bond donors (Lipinski definition) is 1. The van der Waals surface area contributed by atoms with Crippen LogP contribution >= 0.6 is 15.9 Å². The summed E-state index contributed by atoms with van der Waals surface area (Å²) >= 11 is 3.36. The number of likely N-dealkylation sites (N-methyl/N-ethyl adjacent to an activating group) is 1. The Morgan fingerprint density at radius 3 is 3.06 bits per heavy atom. The van der Waals surface area contributed by atoms with E-state index in [1.807, 2.05) is 25.3 Å². The molecule has 0 aromatic carbocycles.